The highest BCUT2D eigenvalue weighted by atomic mass is 16.5. The van der Waals surface area contributed by atoms with Crippen LogP contribution in [0.3, 0.4) is 0 Å². The van der Waals surface area contributed by atoms with Crippen molar-refractivity contribution in [1.29, 1.82) is 0 Å². The van der Waals surface area contributed by atoms with Crippen LogP contribution in [0.4, 0.5) is 0 Å². The van der Waals surface area contributed by atoms with Gasteiger partial charge in [-0.15, -0.1) is 0 Å². The molecule has 128 valence electrons. The highest BCUT2D eigenvalue weighted by Gasteiger charge is 2.08. The summed E-state index contributed by atoms with van der Waals surface area (Å²) in [6, 6.07) is 14.0. The number of aryl methyl sites for hydroxylation is 1. The number of aromatic nitrogens is 1. The molecule has 1 amide bonds. The molecule has 0 fully saturated rings. The Morgan fingerprint density at radius 3 is 2.54 bits per heavy atom. The van der Waals surface area contributed by atoms with E-state index in [2.05, 4.69) is 17.1 Å². The Hall–Kier alpha value is -2.36. The van der Waals surface area contributed by atoms with Gasteiger partial charge in [-0.05, 0) is 49.1 Å². The third kappa shape index (κ3) is 6.03. The molecule has 0 saturated heterocycles. The van der Waals surface area contributed by atoms with Crippen molar-refractivity contribution in [3.05, 3.63) is 59.9 Å². The van der Waals surface area contributed by atoms with Gasteiger partial charge >= 0.3 is 0 Å². The van der Waals surface area contributed by atoms with E-state index in [1.165, 1.54) is 5.56 Å². The van der Waals surface area contributed by atoms with E-state index < -0.39 is 0 Å². The maximum Gasteiger partial charge on any atom is 0.222 e. The molecule has 2 aromatic rings. The van der Waals surface area contributed by atoms with Crippen LogP contribution in [-0.2, 0) is 17.6 Å². The van der Waals surface area contributed by atoms with Crippen molar-refractivity contribution in [2.75, 3.05) is 20.7 Å². The molecule has 1 heterocycles. The van der Waals surface area contributed by atoms with Gasteiger partial charge in [-0.2, -0.15) is 0 Å². The molecule has 0 aliphatic carbocycles. The zero-order valence-electron chi connectivity index (χ0n) is 14.6. The Bertz CT molecular complexity index is 611. The van der Waals surface area contributed by atoms with E-state index in [0.29, 0.717) is 13.0 Å². The Labute approximate surface area is 144 Å². The van der Waals surface area contributed by atoms with Crippen molar-refractivity contribution in [3.63, 3.8) is 0 Å². The number of amides is 1. The molecule has 24 heavy (non-hydrogen) atoms. The van der Waals surface area contributed by atoms with E-state index in [1.807, 2.05) is 42.3 Å². The fourth-order valence-corrected chi connectivity index (χ4v) is 2.54. The van der Waals surface area contributed by atoms with Crippen molar-refractivity contribution >= 4 is 5.91 Å². The minimum absolute atomic E-state index is 0.209. The normalized spacial score (nSPS) is 10.4. The number of ether oxygens (including phenoxy) is 1. The van der Waals surface area contributed by atoms with Gasteiger partial charge < -0.3 is 9.64 Å². The lowest BCUT2D eigenvalue weighted by molar-refractivity contribution is -0.130. The molecule has 0 aliphatic rings. The lowest BCUT2D eigenvalue weighted by atomic mass is 10.1. The first-order valence-corrected chi connectivity index (χ1v) is 8.46. The largest absolute Gasteiger partial charge is 0.497 e. The number of hydrogen-bond acceptors (Lipinski definition) is 3. The summed E-state index contributed by atoms with van der Waals surface area (Å²) in [6.07, 6.45) is 6.12. The predicted octanol–water partition coefficient (Wildman–Crippen LogP) is 3.50. The summed E-state index contributed by atoms with van der Waals surface area (Å²) in [5.74, 6) is 1.09. The standard InChI is InChI=1S/C20H26N2O2/c1-22(16-14-18-8-5-6-15-21-18)20(23)9-4-3-7-17-10-12-19(24-2)13-11-17/h5-6,8,10-13,15H,3-4,7,9,14,16H2,1-2H3. The van der Waals surface area contributed by atoms with Gasteiger partial charge in [0.15, 0.2) is 0 Å². The van der Waals surface area contributed by atoms with Crippen molar-refractivity contribution in [3.8, 4) is 5.75 Å². The summed E-state index contributed by atoms with van der Waals surface area (Å²) in [6.45, 7) is 0.717. The first kappa shape index (κ1) is 18.0. The molecule has 0 spiro atoms. The summed E-state index contributed by atoms with van der Waals surface area (Å²) in [7, 11) is 3.54. The summed E-state index contributed by atoms with van der Waals surface area (Å²) < 4.78 is 5.15. The molecule has 1 aromatic carbocycles. The average molecular weight is 326 g/mol. The van der Waals surface area contributed by atoms with Crippen LogP contribution in [-0.4, -0.2) is 36.5 Å². The summed E-state index contributed by atoms with van der Waals surface area (Å²) in [4.78, 5) is 18.2. The number of hydrogen-bond donors (Lipinski definition) is 0. The molecule has 4 heteroatoms. The second-order valence-corrected chi connectivity index (χ2v) is 5.94. The molecule has 0 atom stereocenters. The van der Waals surface area contributed by atoms with Crippen molar-refractivity contribution in [2.24, 2.45) is 0 Å². The fraction of sp³-hybridized carbons (Fsp3) is 0.400. The molecule has 1 aromatic heterocycles. The molecule has 2 rings (SSSR count). The Morgan fingerprint density at radius 1 is 1.08 bits per heavy atom. The van der Waals surface area contributed by atoms with Crippen molar-refractivity contribution in [1.82, 2.24) is 9.88 Å². The van der Waals surface area contributed by atoms with Gasteiger partial charge in [-0.3, -0.25) is 9.78 Å². The number of carbonyl (C=O) groups excluding carboxylic acids is 1. The zero-order valence-corrected chi connectivity index (χ0v) is 14.6. The molecule has 0 bridgehead atoms. The first-order chi connectivity index (χ1) is 11.7. The molecule has 0 N–H and O–H groups in total. The maximum absolute atomic E-state index is 12.1. The van der Waals surface area contributed by atoms with Crippen molar-refractivity contribution in [2.45, 2.75) is 32.1 Å². The van der Waals surface area contributed by atoms with E-state index in [9.17, 15) is 4.79 Å². The smallest absolute Gasteiger partial charge is 0.222 e. The predicted molar refractivity (Wildman–Crippen MR) is 96.1 cm³/mol. The van der Waals surface area contributed by atoms with E-state index in [4.69, 9.17) is 4.74 Å². The Kier molecular flexibility index (Phi) is 7.27. The number of carbonyl (C=O) groups is 1. The molecule has 0 radical (unpaired) electrons. The molecular weight excluding hydrogens is 300 g/mol. The number of methoxy groups -OCH3 is 1. The number of unbranched alkanes of at least 4 members (excludes halogenated alkanes) is 1. The summed E-state index contributed by atoms with van der Waals surface area (Å²) in [5, 5.41) is 0. The number of benzene rings is 1. The van der Waals surface area contributed by atoms with Crippen LogP contribution in [0, 0.1) is 0 Å². The SMILES string of the molecule is COc1ccc(CCCCC(=O)N(C)CCc2ccccn2)cc1. The number of pyridine rings is 1. The minimum Gasteiger partial charge on any atom is -0.497 e. The molecule has 0 saturated carbocycles. The minimum atomic E-state index is 0.209. The maximum atomic E-state index is 12.1. The molecule has 0 aliphatic heterocycles. The van der Waals surface area contributed by atoms with Gasteiger partial charge in [-0.1, -0.05) is 18.2 Å². The van der Waals surface area contributed by atoms with E-state index >= 15 is 0 Å². The van der Waals surface area contributed by atoms with Gasteiger partial charge in [0.25, 0.3) is 0 Å². The van der Waals surface area contributed by atoms with Crippen LogP contribution in [0.2, 0.25) is 0 Å². The van der Waals surface area contributed by atoms with E-state index in [0.717, 1.165) is 37.1 Å². The monoisotopic (exact) mass is 326 g/mol. The highest BCUT2D eigenvalue weighted by molar-refractivity contribution is 5.75. The number of nitrogens with zero attached hydrogens (tertiary/aromatic N) is 2. The third-order valence-corrected chi connectivity index (χ3v) is 4.12. The lowest BCUT2D eigenvalue weighted by Gasteiger charge is -2.16. The first-order valence-electron chi connectivity index (χ1n) is 8.46. The van der Waals surface area contributed by atoms with Crippen LogP contribution in [0.15, 0.2) is 48.7 Å². The van der Waals surface area contributed by atoms with Crippen LogP contribution >= 0.6 is 0 Å². The summed E-state index contributed by atoms with van der Waals surface area (Å²) in [5.41, 5.74) is 2.31. The van der Waals surface area contributed by atoms with Crippen molar-refractivity contribution < 1.29 is 9.53 Å². The summed E-state index contributed by atoms with van der Waals surface area (Å²) >= 11 is 0. The number of rotatable bonds is 9. The second kappa shape index (κ2) is 9.71. The second-order valence-electron chi connectivity index (χ2n) is 5.94. The van der Waals surface area contributed by atoms with Gasteiger partial charge in [-0.25, -0.2) is 0 Å². The Morgan fingerprint density at radius 2 is 1.88 bits per heavy atom. The molecule has 0 unspecified atom stereocenters. The lowest BCUT2D eigenvalue weighted by Crippen LogP contribution is -2.28. The van der Waals surface area contributed by atoms with Crippen LogP contribution < -0.4 is 4.74 Å². The Balaban J connectivity index is 1.63. The van der Waals surface area contributed by atoms with Crippen LogP contribution in [0.25, 0.3) is 0 Å². The molecular formula is C20H26N2O2. The van der Waals surface area contributed by atoms with Gasteiger partial charge in [0, 0.05) is 38.3 Å². The van der Waals surface area contributed by atoms with Crippen LogP contribution in [0.1, 0.15) is 30.5 Å². The van der Waals surface area contributed by atoms with Gasteiger partial charge in [0.05, 0.1) is 7.11 Å². The molecule has 4 nitrogen and oxygen atoms in total. The fourth-order valence-electron chi connectivity index (χ4n) is 2.54. The van der Waals surface area contributed by atoms with Crippen LogP contribution in [0.5, 0.6) is 5.75 Å². The van der Waals surface area contributed by atoms with Gasteiger partial charge in [0.2, 0.25) is 5.91 Å². The topological polar surface area (TPSA) is 42.4 Å². The number of likely N-dealkylation sites (N-methyl/N-ethyl adjacent to an activating group) is 1. The highest BCUT2D eigenvalue weighted by Crippen LogP contribution is 2.14. The zero-order chi connectivity index (χ0) is 17.2. The average Bonchev–Trinajstić information content (AvgIpc) is 2.64. The van der Waals surface area contributed by atoms with Gasteiger partial charge in [0.1, 0.15) is 5.75 Å². The third-order valence-electron chi connectivity index (χ3n) is 4.12. The quantitative estimate of drug-likeness (QED) is 0.662. The van der Waals surface area contributed by atoms with E-state index in [-0.39, 0.29) is 5.91 Å². The van der Waals surface area contributed by atoms with E-state index in [1.54, 1.807) is 13.3 Å².